The molecule has 0 radical (unpaired) electrons. The topological polar surface area (TPSA) is 82.5 Å². The van der Waals surface area contributed by atoms with Gasteiger partial charge in [0.1, 0.15) is 11.9 Å². The number of aromatic nitrogens is 2. The molecule has 2 unspecified atom stereocenters. The predicted molar refractivity (Wildman–Crippen MR) is 118 cm³/mol. The first-order chi connectivity index (χ1) is 14.1. The highest BCUT2D eigenvalue weighted by atomic mass is 35.5. The molecule has 3 heterocycles. The molecule has 0 bridgehead atoms. The Kier molecular flexibility index (Phi) is 7.33. The van der Waals surface area contributed by atoms with Crippen LogP contribution in [0.1, 0.15) is 24.7 Å². The van der Waals surface area contributed by atoms with Crippen LogP contribution < -0.4 is 10.6 Å². The Labute approximate surface area is 183 Å². The summed E-state index contributed by atoms with van der Waals surface area (Å²) in [5.41, 5.74) is 0.767. The number of nitrogens with one attached hydrogen (secondary N) is 2. The van der Waals surface area contributed by atoms with Crippen LogP contribution in [0.3, 0.4) is 0 Å². The Morgan fingerprint density at radius 1 is 1.20 bits per heavy atom. The van der Waals surface area contributed by atoms with E-state index in [1.165, 1.54) is 0 Å². The Balaban J connectivity index is 0.00000256. The molecule has 2 N–H and O–H groups in total. The largest absolute Gasteiger partial charge is 0.336 e. The number of likely N-dealkylation sites (tertiary alicyclic amines) is 1. The monoisotopic (exact) mass is 432 g/mol. The molecule has 0 saturated carbocycles. The van der Waals surface area contributed by atoms with Crippen LogP contribution in [0.5, 0.6) is 0 Å². The molecule has 2 saturated heterocycles. The van der Waals surface area contributed by atoms with Gasteiger partial charge in [-0.25, -0.2) is 9.78 Å². The maximum Gasteiger partial charge on any atom is 0.321 e. The van der Waals surface area contributed by atoms with Gasteiger partial charge in [-0.2, -0.15) is 0 Å². The van der Waals surface area contributed by atoms with Gasteiger partial charge in [0.05, 0.1) is 5.92 Å². The number of nitrogens with zero attached hydrogens (tertiary/aromatic N) is 4. The molecule has 2 aliphatic heterocycles. The van der Waals surface area contributed by atoms with E-state index in [2.05, 4.69) is 15.6 Å². The quantitative estimate of drug-likeness (QED) is 0.779. The predicted octanol–water partition coefficient (Wildman–Crippen LogP) is 2.26. The molecule has 1 aromatic carbocycles. The summed E-state index contributed by atoms with van der Waals surface area (Å²) >= 11 is 0. The van der Waals surface area contributed by atoms with Crippen LogP contribution in [0.4, 0.5) is 10.5 Å². The van der Waals surface area contributed by atoms with E-state index in [0.717, 1.165) is 30.9 Å². The van der Waals surface area contributed by atoms with Crippen molar-refractivity contribution in [3.63, 3.8) is 0 Å². The van der Waals surface area contributed by atoms with Gasteiger partial charge >= 0.3 is 6.03 Å². The Hall–Kier alpha value is -2.58. The minimum Gasteiger partial charge on any atom is -0.336 e. The van der Waals surface area contributed by atoms with Gasteiger partial charge < -0.3 is 25.0 Å². The van der Waals surface area contributed by atoms with Gasteiger partial charge in [0, 0.05) is 57.9 Å². The second-order valence-corrected chi connectivity index (χ2v) is 7.73. The third kappa shape index (κ3) is 4.76. The number of para-hydroxylation sites is 1. The summed E-state index contributed by atoms with van der Waals surface area (Å²) in [4.78, 5) is 34.2. The van der Waals surface area contributed by atoms with E-state index in [9.17, 15) is 9.59 Å². The average molecular weight is 433 g/mol. The molecule has 1 aromatic heterocycles. The highest BCUT2D eigenvalue weighted by molar-refractivity contribution is 5.90. The van der Waals surface area contributed by atoms with E-state index in [4.69, 9.17) is 0 Å². The van der Waals surface area contributed by atoms with Crippen molar-refractivity contribution in [3.05, 3.63) is 48.5 Å². The van der Waals surface area contributed by atoms with E-state index < -0.39 is 0 Å². The lowest BCUT2D eigenvalue weighted by atomic mass is 9.95. The van der Waals surface area contributed by atoms with Crippen LogP contribution in [-0.4, -0.2) is 64.0 Å². The van der Waals surface area contributed by atoms with Gasteiger partial charge in [-0.15, -0.1) is 12.4 Å². The molecule has 4 rings (SSSR count). The van der Waals surface area contributed by atoms with E-state index in [-0.39, 0.29) is 36.3 Å². The zero-order valence-corrected chi connectivity index (χ0v) is 18.0. The first-order valence-electron chi connectivity index (χ1n) is 10.2. The van der Waals surface area contributed by atoms with Gasteiger partial charge in [-0.1, -0.05) is 18.2 Å². The third-order valence-corrected chi connectivity index (χ3v) is 5.77. The van der Waals surface area contributed by atoms with Crippen molar-refractivity contribution in [2.45, 2.75) is 18.9 Å². The Bertz CT molecular complexity index is 858. The van der Waals surface area contributed by atoms with E-state index in [0.29, 0.717) is 26.2 Å². The summed E-state index contributed by atoms with van der Waals surface area (Å²) in [6.07, 6.45) is 5.31. The number of imidazole rings is 1. The van der Waals surface area contributed by atoms with Gasteiger partial charge in [0.25, 0.3) is 0 Å². The molecule has 0 spiro atoms. The molecular weight excluding hydrogens is 404 g/mol. The van der Waals surface area contributed by atoms with Gasteiger partial charge in [-0.05, 0) is 25.0 Å². The second-order valence-electron chi connectivity index (χ2n) is 7.73. The Morgan fingerprint density at radius 3 is 2.73 bits per heavy atom. The number of rotatable bonds is 3. The van der Waals surface area contributed by atoms with E-state index in [1.807, 2.05) is 53.0 Å². The van der Waals surface area contributed by atoms with E-state index >= 15 is 0 Å². The highest BCUT2D eigenvalue weighted by Gasteiger charge is 2.36. The normalized spacial score (nSPS) is 21.6. The highest BCUT2D eigenvalue weighted by Crippen LogP contribution is 2.26. The van der Waals surface area contributed by atoms with Crippen molar-refractivity contribution in [1.82, 2.24) is 24.7 Å². The standard InChI is InChI=1S/C21H28N6O2.ClH/c1-25-12-10-23-19(25)18-14-22-9-13-27(18)20(28)16-6-5-11-26(15-16)21(29)24-17-7-3-2-4-8-17;/h2-4,7-8,10,12,16,18,22H,5-6,9,11,13-15H2,1H3,(H,24,29);1H. The number of halogens is 1. The SMILES string of the molecule is Cl.Cn1ccnc1C1CNCCN1C(=O)C1CCCN(C(=O)Nc2ccccc2)C1. The number of piperidine rings is 1. The first-order valence-corrected chi connectivity index (χ1v) is 10.2. The van der Waals surface area contributed by atoms with Gasteiger partial charge in [0.2, 0.25) is 5.91 Å². The summed E-state index contributed by atoms with van der Waals surface area (Å²) in [5.74, 6) is 0.836. The number of anilines is 1. The molecular formula is C21H29ClN6O2. The fourth-order valence-corrected chi connectivity index (χ4v) is 4.22. The molecule has 2 fully saturated rings. The lowest BCUT2D eigenvalue weighted by Crippen LogP contribution is -2.54. The van der Waals surface area contributed by atoms with Crippen LogP contribution in [-0.2, 0) is 11.8 Å². The maximum atomic E-state index is 13.4. The van der Waals surface area contributed by atoms with Crippen LogP contribution in [0, 0.1) is 5.92 Å². The molecule has 2 atom stereocenters. The number of aryl methyl sites for hydroxylation is 1. The minimum absolute atomic E-state index is 0. The summed E-state index contributed by atoms with van der Waals surface area (Å²) in [6.45, 7) is 3.25. The lowest BCUT2D eigenvalue weighted by Gasteiger charge is -2.40. The minimum atomic E-state index is -0.175. The van der Waals surface area contributed by atoms with Crippen LogP contribution in [0.2, 0.25) is 0 Å². The van der Waals surface area contributed by atoms with Crippen LogP contribution >= 0.6 is 12.4 Å². The van der Waals surface area contributed by atoms with Gasteiger partial charge in [0.15, 0.2) is 0 Å². The molecule has 0 aliphatic carbocycles. The van der Waals surface area contributed by atoms with Crippen molar-refractivity contribution in [1.29, 1.82) is 0 Å². The van der Waals surface area contributed by atoms with Crippen LogP contribution in [0.15, 0.2) is 42.7 Å². The zero-order valence-electron chi connectivity index (χ0n) is 17.2. The number of benzene rings is 1. The van der Waals surface area contributed by atoms with E-state index in [1.54, 1.807) is 11.1 Å². The average Bonchev–Trinajstić information content (AvgIpc) is 3.19. The summed E-state index contributed by atoms with van der Waals surface area (Å²) < 4.78 is 1.97. The summed E-state index contributed by atoms with van der Waals surface area (Å²) in [5, 5.41) is 6.30. The third-order valence-electron chi connectivity index (χ3n) is 5.77. The molecule has 9 heteroatoms. The number of amides is 3. The lowest BCUT2D eigenvalue weighted by molar-refractivity contribution is -0.140. The van der Waals surface area contributed by atoms with Crippen molar-refractivity contribution in [2.75, 3.05) is 38.0 Å². The number of hydrogen-bond acceptors (Lipinski definition) is 4. The number of urea groups is 1. The summed E-state index contributed by atoms with van der Waals surface area (Å²) in [7, 11) is 1.95. The fourth-order valence-electron chi connectivity index (χ4n) is 4.22. The number of hydrogen-bond donors (Lipinski definition) is 2. The summed E-state index contributed by atoms with van der Waals surface area (Å²) in [6, 6.07) is 9.20. The molecule has 162 valence electrons. The number of carbonyl (C=O) groups excluding carboxylic acids is 2. The van der Waals surface area contributed by atoms with Crippen LogP contribution in [0.25, 0.3) is 0 Å². The maximum absolute atomic E-state index is 13.4. The smallest absolute Gasteiger partial charge is 0.321 e. The molecule has 8 nitrogen and oxygen atoms in total. The Morgan fingerprint density at radius 2 is 2.00 bits per heavy atom. The van der Waals surface area contributed by atoms with Crippen molar-refractivity contribution in [3.8, 4) is 0 Å². The fraction of sp³-hybridized carbons (Fsp3) is 0.476. The second kappa shape index (κ2) is 9.95. The van der Waals surface area contributed by atoms with Gasteiger partial charge in [-0.3, -0.25) is 4.79 Å². The van der Waals surface area contributed by atoms with Crippen molar-refractivity contribution < 1.29 is 9.59 Å². The number of piperazine rings is 1. The first kappa shape index (κ1) is 22.1. The molecule has 30 heavy (non-hydrogen) atoms. The van der Waals surface area contributed by atoms with Crippen molar-refractivity contribution >= 4 is 30.0 Å². The number of carbonyl (C=O) groups is 2. The molecule has 3 amide bonds. The molecule has 2 aromatic rings. The van der Waals surface area contributed by atoms with Crippen molar-refractivity contribution in [2.24, 2.45) is 13.0 Å². The zero-order chi connectivity index (χ0) is 20.2. The molecule has 2 aliphatic rings.